The highest BCUT2D eigenvalue weighted by atomic mass is 19.4. The summed E-state index contributed by atoms with van der Waals surface area (Å²) < 4.78 is 48.4. The summed E-state index contributed by atoms with van der Waals surface area (Å²) in [4.78, 5) is 23.9. The number of aliphatic hydroxyl groups excluding tert-OH is 3. The van der Waals surface area contributed by atoms with Gasteiger partial charge in [0.05, 0.1) is 18.7 Å². The third-order valence-electron chi connectivity index (χ3n) is 4.51. The number of alkyl halides is 3. The Labute approximate surface area is 175 Å². The van der Waals surface area contributed by atoms with Crippen LogP contribution in [0.3, 0.4) is 0 Å². The number of carbonyl (C=O) groups excluding carboxylic acids is 2. The highest BCUT2D eigenvalue weighted by Crippen LogP contribution is 2.29. The quantitative estimate of drug-likeness (QED) is 0.352. The summed E-state index contributed by atoms with van der Waals surface area (Å²) in [5, 5.41) is 33.8. The summed E-state index contributed by atoms with van der Waals surface area (Å²) in [5.41, 5.74) is -0.715. The van der Waals surface area contributed by atoms with Crippen LogP contribution in [0.4, 0.5) is 13.2 Å². The van der Waals surface area contributed by atoms with E-state index in [2.05, 4.69) is 10.6 Å². The van der Waals surface area contributed by atoms with Crippen LogP contribution in [-0.4, -0.2) is 78.0 Å². The first-order valence-corrected chi connectivity index (χ1v) is 9.14. The van der Waals surface area contributed by atoms with Crippen LogP contribution in [0.15, 0.2) is 30.3 Å². The molecule has 31 heavy (non-hydrogen) atoms. The second kappa shape index (κ2) is 10.7. The molecule has 0 radical (unpaired) electrons. The summed E-state index contributed by atoms with van der Waals surface area (Å²) in [6.07, 6.45) is -7.63. The predicted octanol–water partition coefficient (Wildman–Crippen LogP) is -0.595. The Morgan fingerprint density at radius 2 is 1.97 bits per heavy atom. The lowest BCUT2D eigenvalue weighted by molar-refractivity contribution is -0.262. The molecular formula is C19H23F3N2O7. The van der Waals surface area contributed by atoms with Gasteiger partial charge in [-0.1, -0.05) is 12.1 Å². The number of rotatable bonds is 7. The monoisotopic (exact) mass is 448 g/mol. The van der Waals surface area contributed by atoms with Gasteiger partial charge >= 0.3 is 6.18 Å². The average Bonchev–Trinajstić information content (AvgIpc) is 2.74. The minimum atomic E-state index is -4.51. The molecule has 1 saturated heterocycles. The topological polar surface area (TPSA) is 137 Å². The van der Waals surface area contributed by atoms with Crippen LogP contribution < -0.4 is 10.6 Å². The van der Waals surface area contributed by atoms with Crippen molar-refractivity contribution in [1.29, 1.82) is 0 Å². The predicted molar refractivity (Wildman–Crippen MR) is 100 cm³/mol. The van der Waals surface area contributed by atoms with Gasteiger partial charge in [-0.3, -0.25) is 9.59 Å². The number of aliphatic hydroxyl groups is 3. The van der Waals surface area contributed by atoms with E-state index in [-0.39, 0.29) is 5.56 Å². The Bertz CT molecular complexity index is 801. The molecule has 0 aromatic heterocycles. The van der Waals surface area contributed by atoms with E-state index in [1.807, 2.05) is 0 Å². The number of amides is 2. The summed E-state index contributed by atoms with van der Waals surface area (Å²) in [5.74, 6) is -1.48. The Hall–Kier alpha value is -2.51. The van der Waals surface area contributed by atoms with Gasteiger partial charge in [-0.05, 0) is 23.8 Å². The van der Waals surface area contributed by atoms with E-state index in [0.717, 1.165) is 24.3 Å². The molecule has 172 valence electrons. The molecule has 0 bridgehead atoms. The van der Waals surface area contributed by atoms with Gasteiger partial charge in [-0.2, -0.15) is 13.2 Å². The van der Waals surface area contributed by atoms with E-state index in [4.69, 9.17) is 14.6 Å². The Morgan fingerprint density at radius 3 is 2.58 bits per heavy atom. The van der Waals surface area contributed by atoms with Crippen LogP contribution in [0.2, 0.25) is 0 Å². The zero-order valence-corrected chi connectivity index (χ0v) is 16.4. The molecule has 1 aliphatic rings. The van der Waals surface area contributed by atoms with Crippen LogP contribution in [0.1, 0.15) is 11.1 Å². The lowest BCUT2D eigenvalue weighted by atomic mass is 9.97. The van der Waals surface area contributed by atoms with Crippen LogP contribution in [0, 0.1) is 0 Å². The van der Waals surface area contributed by atoms with Crippen molar-refractivity contribution in [3.63, 3.8) is 0 Å². The minimum absolute atomic E-state index is 0.146. The van der Waals surface area contributed by atoms with Gasteiger partial charge in [0.15, 0.2) is 6.29 Å². The van der Waals surface area contributed by atoms with Crippen molar-refractivity contribution in [2.24, 2.45) is 0 Å². The molecule has 5 atom stereocenters. The summed E-state index contributed by atoms with van der Waals surface area (Å²) >= 11 is 0. The molecule has 1 aliphatic heterocycles. The van der Waals surface area contributed by atoms with Gasteiger partial charge in [0.25, 0.3) is 0 Å². The number of methoxy groups -OCH3 is 1. The van der Waals surface area contributed by atoms with Crippen LogP contribution in [0.25, 0.3) is 6.08 Å². The number of hydrogen-bond acceptors (Lipinski definition) is 7. The number of halogens is 3. The van der Waals surface area contributed by atoms with Crippen molar-refractivity contribution in [3.8, 4) is 0 Å². The first kappa shape index (κ1) is 24.8. The van der Waals surface area contributed by atoms with Crippen molar-refractivity contribution in [1.82, 2.24) is 10.6 Å². The van der Waals surface area contributed by atoms with Crippen molar-refractivity contribution >= 4 is 17.9 Å². The maximum atomic E-state index is 12.7. The molecular weight excluding hydrogens is 425 g/mol. The lowest BCUT2D eigenvalue weighted by Crippen LogP contribution is -2.65. The molecule has 9 nitrogen and oxygen atoms in total. The zero-order chi connectivity index (χ0) is 23.2. The van der Waals surface area contributed by atoms with Crippen LogP contribution in [-0.2, 0) is 25.2 Å². The summed E-state index contributed by atoms with van der Waals surface area (Å²) in [6, 6.07) is 3.18. The Balaban J connectivity index is 1.89. The van der Waals surface area contributed by atoms with Gasteiger partial charge in [0.2, 0.25) is 11.8 Å². The summed E-state index contributed by atoms with van der Waals surface area (Å²) in [7, 11) is 1.24. The van der Waals surface area contributed by atoms with E-state index < -0.39 is 67.3 Å². The Kier molecular flexibility index (Phi) is 8.53. The van der Waals surface area contributed by atoms with Crippen molar-refractivity contribution in [2.45, 2.75) is 36.8 Å². The van der Waals surface area contributed by atoms with Gasteiger partial charge in [0.1, 0.15) is 24.4 Å². The molecule has 1 heterocycles. The SMILES string of the molecule is CO[C@H]1O[C@H](CO)[C@@H](O)[C@H](O)[C@@H]1NC(=O)CNC(=O)/C=C/c1cccc(C(F)(F)F)c1. The highest BCUT2D eigenvalue weighted by Gasteiger charge is 2.45. The summed E-state index contributed by atoms with van der Waals surface area (Å²) in [6.45, 7) is -1.10. The molecule has 0 aliphatic carbocycles. The van der Waals surface area contributed by atoms with E-state index in [1.165, 1.54) is 19.2 Å². The third kappa shape index (κ3) is 6.74. The minimum Gasteiger partial charge on any atom is -0.394 e. The third-order valence-corrected chi connectivity index (χ3v) is 4.51. The standard InChI is InChI=1S/C19H23F3N2O7/c1-30-18-15(17(29)16(28)12(9-25)31-18)24-14(27)8-23-13(26)6-5-10-3-2-4-11(7-10)19(20,21)22/h2-7,12,15-18,25,28-29H,8-9H2,1H3,(H,23,26)(H,24,27)/b6-5+/t12-,15+,16-,17-,18+/m1/s1. The second-order valence-corrected chi connectivity index (χ2v) is 6.71. The maximum absolute atomic E-state index is 12.7. The van der Waals surface area contributed by atoms with E-state index in [0.29, 0.717) is 0 Å². The number of hydrogen-bond donors (Lipinski definition) is 5. The number of ether oxygens (including phenoxy) is 2. The maximum Gasteiger partial charge on any atom is 0.416 e. The van der Waals surface area contributed by atoms with Crippen molar-refractivity contribution in [3.05, 3.63) is 41.5 Å². The molecule has 1 aromatic rings. The molecule has 12 heteroatoms. The fourth-order valence-electron chi connectivity index (χ4n) is 2.89. The van der Waals surface area contributed by atoms with Crippen LogP contribution >= 0.6 is 0 Å². The molecule has 0 spiro atoms. The molecule has 5 N–H and O–H groups in total. The Morgan fingerprint density at radius 1 is 1.26 bits per heavy atom. The van der Waals surface area contributed by atoms with Crippen molar-refractivity contribution in [2.75, 3.05) is 20.3 Å². The lowest BCUT2D eigenvalue weighted by Gasteiger charge is -2.41. The number of benzene rings is 1. The largest absolute Gasteiger partial charge is 0.416 e. The van der Waals surface area contributed by atoms with Gasteiger partial charge in [-0.15, -0.1) is 0 Å². The smallest absolute Gasteiger partial charge is 0.394 e. The van der Waals surface area contributed by atoms with E-state index >= 15 is 0 Å². The molecule has 0 saturated carbocycles. The van der Waals surface area contributed by atoms with E-state index in [9.17, 15) is 33.0 Å². The van der Waals surface area contributed by atoms with Gasteiger partial charge in [-0.25, -0.2) is 0 Å². The number of carbonyl (C=O) groups is 2. The van der Waals surface area contributed by atoms with Crippen LogP contribution in [0.5, 0.6) is 0 Å². The normalized spacial score (nSPS) is 26.6. The second-order valence-electron chi connectivity index (χ2n) is 6.71. The first-order valence-electron chi connectivity index (χ1n) is 9.14. The molecule has 1 fully saturated rings. The molecule has 2 amide bonds. The fraction of sp³-hybridized carbons (Fsp3) is 0.474. The molecule has 0 unspecified atom stereocenters. The first-order chi connectivity index (χ1) is 14.6. The van der Waals surface area contributed by atoms with Gasteiger partial charge in [0, 0.05) is 13.2 Å². The highest BCUT2D eigenvalue weighted by molar-refractivity contribution is 5.94. The van der Waals surface area contributed by atoms with E-state index in [1.54, 1.807) is 0 Å². The zero-order valence-electron chi connectivity index (χ0n) is 16.4. The number of nitrogens with one attached hydrogen (secondary N) is 2. The average molecular weight is 448 g/mol. The molecule has 2 rings (SSSR count). The molecule has 1 aromatic carbocycles. The van der Waals surface area contributed by atoms with Gasteiger partial charge < -0.3 is 35.4 Å². The van der Waals surface area contributed by atoms with Crippen molar-refractivity contribution < 1.29 is 47.6 Å². The fourth-order valence-corrected chi connectivity index (χ4v) is 2.89.